The topological polar surface area (TPSA) is 85.9 Å². The van der Waals surface area contributed by atoms with Crippen LogP contribution in [0.3, 0.4) is 0 Å². The maximum Gasteiger partial charge on any atom is 0.332 e. The van der Waals surface area contributed by atoms with Crippen LogP contribution in [0, 0.1) is 0 Å². The second-order valence-corrected chi connectivity index (χ2v) is 3.83. The number of carbonyl (C=O) groups excluding carboxylic acids is 1. The summed E-state index contributed by atoms with van der Waals surface area (Å²) < 4.78 is 11.2. The van der Waals surface area contributed by atoms with Crippen LogP contribution < -0.4 is 20.6 Å². The van der Waals surface area contributed by atoms with Gasteiger partial charge in [0.25, 0.3) is 0 Å². The number of fused-ring (bicyclic) bond motifs is 1. The Morgan fingerprint density at radius 1 is 1.56 bits per heavy atom. The van der Waals surface area contributed by atoms with E-state index < -0.39 is 6.03 Å². The van der Waals surface area contributed by atoms with Crippen LogP contribution >= 0.6 is 15.9 Å². The van der Waals surface area contributed by atoms with Crippen LogP contribution in [0.4, 0.5) is 4.79 Å². The number of carbonyl (C=O) groups is 1. The van der Waals surface area contributed by atoms with Gasteiger partial charge in [-0.1, -0.05) is 0 Å². The second kappa shape index (κ2) is 4.40. The SMILES string of the molecule is NC(=O)N/N=C\c1cc(Br)c2c(c1)OCO2. The van der Waals surface area contributed by atoms with E-state index in [-0.39, 0.29) is 6.79 Å². The molecule has 0 fully saturated rings. The Morgan fingerprint density at radius 3 is 3.12 bits per heavy atom. The first-order valence-corrected chi connectivity index (χ1v) is 5.14. The third-order valence-electron chi connectivity index (χ3n) is 1.84. The lowest BCUT2D eigenvalue weighted by molar-refractivity contribution is 0.173. The van der Waals surface area contributed by atoms with Gasteiger partial charge in [0.2, 0.25) is 6.79 Å². The highest BCUT2D eigenvalue weighted by atomic mass is 79.9. The van der Waals surface area contributed by atoms with Gasteiger partial charge in [0, 0.05) is 0 Å². The van der Waals surface area contributed by atoms with Gasteiger partial charge in [0.05, 0.1) is 10.7 Å². The quantitative estimate of drug-likeness (QED) is 0.632. The summed E-state index contributed by atoms with van der Waals surface area (Å²) in [5, 5.41) is 3.64. The molecule has 0 aliphatic carbocycles. The van der Waals surface area contributed by atoms with Crippen molar-refractivity contribution < 1.29 is 14.3 Å². The number of amides is 2. The Morgan fingerprint density at radius 2 is 2.38 bits per heavy atom. The van der Waals surface area contributed by atoms with Crippen molar-refractivity contribution in [1.29, 1.82) is 0 Å². The van der Waals surface area contributed by atoms with Gasteiger partial charge in [0.1, 0.15) is 0 Å². The zero-order chi connectivity index (χ0) is 11.5. The van der Waals surface area contributed by atoms with E-state index in [1.165, 1.54) is 6.21 Å². The highest BCUT2D eigenvalue weighted by Crippen LogP contribution is 2.39. The maximum absolute atomic E-state index is 10.4. The van der Waals surface area contributed by atoms with Gasteiger partial charge in [-0.3, -0.25) is 0 Å². The summed E-state index contributed by atoms with van der Waals surface area (Å²) >= 11 is 3.34. The molecule has 0 saturated carbocycles. The molecule has 0 atom stereocenters. The fourth-order valence-electron chi connectivity index (χ4n) is 1.23. The molecule has 0 aromatic heterocycles. The number of ether oxygens (including phenoxy) is 2. The minimum absolute atomic E-state index is 0.202. The van der Waals surface area contributed by atoms with E-state index in [1.807, 2.05) is 0 Å². The molecule has 6 nitrogen and oxygen atoms in total. The zero-order valence-electron chi connectivity index (χ0n) is 8.07. The fraction of sp³-hybridized carbons (Fsp3) is 0.111. The number of hydrogen-bond donors (Lipinski definition) is 2. The number of hydrogen-bond acceptors (Lipinski definition) is 4. The second-order valence-electron chi connectivity index (χ2n) is 2.97. The molecule has 0 bridgehead atoms. The molecule has 0 saturated heterocycles. The summed E-state index contributed by atoms with van der Waals surface area (Å²) in [5.41, 5.74) is 7.72. The summed E-state index contributed by atoms with van der Waals surface area (Å²) in [7, 11) is 0. The summed E-state index contributed by atoms with van der Waals surface area (Å²) in [6.45, 7) is 0.202. The van der Waals surface area contributed by atoms with Crippen LogP contribution in [-0.4, -0.2) is 19.0 Å². The molecule has 0 radical (unpaired) electrons. The van der Waals surface area contributed by atoms with Crippen LogP contribution in [0.15, 0.2) is 21.7 Å². The van der Waals surface area contributed by atoms with E-state index in [9.17, 15) is 4.79 Å². The van der Waals surface area contributed by atoms with Gasteiger partial charge in [-0.2, -0.15) is 5.10 Å². The standard InChI is InChI=1S/C9H8BrN3O3/c10-6-1-5(3-12-13-9(11)14)2-7-8(6)16-4-15-7/h1-3H,4H2,(H3,11,13,14)/b12-3-. The van der Waals surface area contributed by atoms with Crippen molar-refractivity contribution in [3.05, 3.63) is 22.2 Å². The number of rotatable bonds is 2. The molecule has 16 heavy (non-hydrogen) atoms. The van der Waals surface area contributed by atoms with E-state index >= 15 is 0 Å². The molecule has 0 spiro atoms. The predicted octanol–water partition coefficient (Wildman–Crippen LogP) is 1.18. The number of nitrogens with one attached hydrogen (secondary N) is 1. The predicted molar refractivity (Wildman–Crippen MR) is 60.6 cm³/mol. The first-order chi connectivity index (χ1) is 7.66. The molecule has 1 aliphatic rings. The highest BCUT2D eigenvalue weighted by molar-refractivity contribution is 9.10. The summed E-state index contributed by atoms with van der Waals surface area (Å²) in [6, 6.07) is 2.83. The summed E-state index contributed by atoms with van der Waals surface area (Å²) in [4.78, 5) is 10.4. The molecule has 1 aliphatic heterocycles. The number of nitrogens with zero attached hydrogens (tertiary/aromatic N) is 1. The van der Waals surface area contributed by atoms with E-state index in [0.29, 0.717) is 11.5 Å². The Kier molecular flexibility index (Phi) is 2.95. The average molecular weight is 286 g/mol. The Hall–Kier alpha value is -1.76. The van der Waals surface area contributed by atoms with Gasteiger partial charge < -0.3 is 15.2 Å². The lowest BCUT2D eigenvalue weighted by Crippen LogP contribution is -2.24. The number of urea groups is 1. The van der Waals surface area contributed by atoms with E-state index in [2.05, 4.69) is 26.5 Å². The molecule has 3 N–H and O–H groups in total. The lowest BCUT2D eigenvalue weighted by atomic mass is 10.2. The van der Waals surface area contributed by atoms with Gasteiger partial charge in [0.15, 0.2) is 11.5 Å². The Labute approximate surface area is 99.5 Å². The van der Waals surface area contributed by atoms with Crippen LogP contribution in [0.1, 0.15) is 5.56 Å². The van der Waals surface area contributed by atoms with Crippen molar-refractivity contribution in [2.45, 2.75) is 0 Å². The largest absolute Gasteiger partial charge is 0.454 e. The van der Waals surface area contributed by atoms with E-state index in [0.717, 1.165) is 10.0 Å². The van der Waals surface area contributed by atoms with Crippen LogP contribution in [-0.2, 0) is 0 Å². The number of nitrogens with two attached hydrogens (primary N) is 1. The molecule has 2 rings (SSSR count). The smallest absolute Gasteiger partial charge is 0.332 e. The van der Waals surface area contributed by atoms with Crippen LogP contribution in [0.5, 0.6) is 11.5 Å². The molecular formula is C9H8BrN3O3. The van der Waals surface area contributed by atoms with Gasteiger partial charge >= 0.3 is 6.03 Å². The first kappa shape index (κ1) is 10.7. The van der Waals surface area contributed by atoms with Gasteiger partial charge in [-0.25, -0.2) is 10.2 Å². The molecule has 7 heteroatoms. The highest BCUT2D eigenvalue weighted by Gasteiger charge is 2.17. The summed E-state index contributed by atoms with van der Waals surface area (Å²) in [5.74, 6) is 1.30. The molecule has 2 amide bonds. The van der Waals surface area contributed by atoms with Crippen molar-refractivity contribution in [2.24, 2.45) is 10.8 Å². The van der Waals surface area contributed by atoms with Crippen molar-refractivity contribution in [1.82, 2.24) is 5.43 Å². The van der Waals surface area contributed by atoms with Gasteiger partial charge in [-0.15, -0.1) is 0 Å². The van der Waals surface area contributed by atoms with Crippen LogP contribution in [0.25, 0.3) is 0 Å². The molecule has 84 valence electrons. The van der Waals surface area contributed by atoms with E-state index in [1.54, 1.807) is 12.1 Å². The van der Waals surface area contributed by atoms with Crippen LogP contribution in [0.2, 0.25) is 0 Å². The molecule has 1 aromatic carbocycles. The van der Waals surface area contributed by atoms with Gasteiger partial charge in [-0.05, 0) is 33.6 Å². The van der Waals surface area contributed by atoms with Crippen molar-refractivity contribution in [3.63, 3.8) is 0 Å². The number of hydrazone groups is 1. The van der Waals surface area contributed by atoms with Crippen molar-refractivity contribution in [2.75, 3.05) is 6.79 Å². The third kappa shape index (κ3) is 2.25. The lowest BCUT2D eigenvalue weighted by Gasteiger charge is -2.00. The monoisotopic (exact) mass is 285 g/mol. The minimum Gasteiger partial charge on any atom is -0.454 e. The zero-order valence-corrected chi connectivity index (χ0v) is 9.65. The molecule has 1 aromatic rings. The average Bonchev–Trinajstić information content (AvgIpc) is 2.65. The number of halogens is 1. The maximum atomic E-state index is 10.4. The molecular weight excluding hydrogens is 278 g/mol. The molecule has 0 unspecified atom stereocenters. The van der Waals surface area contributed by atoms with Crippen molar-refractivity contribution in [3.8, 4) is 11.5 Å². The van der Waals surface area contributed by atoms with Crippen molar-refractivity contribution >= 4 is 28.2 Å². The summed E-state index contributed by atoms with van der Waals surface area (Å²) in [6.07, 6.45) is 1.46. The van der Waals surface area contributed by atoms with E-state index in [4.69, 9.17) is 15.2 Å². The number of benzene rings is 1. The Balaban J connectivity index is 2.20. The first-order valence-electron chi connectivity index (χ1n) is 4.34. The normalized spacial score (nSPS) is 13.1. The fourth-order valence-corrected chi connectivity index (χ4v) is 1.81. The minimum atomic E-state index is -0.712. The number of primary amides is 1. The Bertz CT molecular complexity index is 462. The third-order valence-corrected chi connectivity index (χ3v) is 2.43. The molecule has 1 heterocycles.